The standard InChI is InChI=1S/C78H149NO5/c1-3-5-7-9-11-13-15-17-19-21-36-39-42-46-50-54-58-62-66-70-76(81)75(74-80)79-77(82)71-67-63-59-55-51-47-43-40-37-34-32-30-28-26-24-22-23-25-27-29-31-33-35-38-41-45-49-53-57-61-65-69-73-84-78(83)72-68-64-60-56-52-48-44-20-18-16-14-12-10-8-6-4-2/h20,25,27,44,66,70,75-76,80-81H,3-19,21-24,26,28-43,45-65,67-69,71-74H2,1-2H3,(H,79,82)/b27-25-,44-20-,70-66+. The van der Waals surface area contributed by atoms with Crippen LogP contribution in [0.1, 0.15) is 425 Å². The largest absolute Gasteiger partial charge is 0.466 e. The number of allylic oxidation sites excluding steroid dienone is 5. The maximum absolute atomic E-state index is 12.5. The number of hydrogen-bond donors (Lipinski definition) is 3. The highest BCUT2D eigenvalue weighted by Gasteiger charge is 2.18. The van der Waals surface area contributed by atoms with Gasteiger partial charge in [-0.2, -0.15) is 0 Å². The summed E-state index contributed by atoms with van der Waals surface area (Å²) in [5.41, 5.74) is 0. The van der Waals surface area contributed by atoms with Crippen molar-refractivity contribution in [2.75, 3.05) is 13.2 Å². The number of hydrogen-bond acceptors (Lipinski definition) is 5. The topological polar surface area (TPSA) is 95.9 Å². The Hall–Kier alpha value is -1.92. The number of amides is 1. The number of nitrogens with one attached hydrogen (secondary N) is 1. The smallest absolute Gasteiger partial charge is 0.305 e. The van der Waals surface area contributed by atoms with Gasteiger partial charge in [-0.05, 0) is 83.5 Å². The average Bonchev–Trinajstić information content (AvgIpc) is 3.53. The van der Waals surface area contributed by atoms with Crippen molar-refractivity contribution < 1.29 is 24.5 Å². The predicted molar refractivity (Wildman–Crippen MR) is 370 cm³/mol. The molecule has 0 aliphatic carbocycles. The number of aliphatic hydroxyl groups excluding tert-OH is 2. The first-order chi connectivity index (χ1) is 41.5. The maximum Gasteiger partial charge on any atom is 0.305 e. The first kappa shape index (κ1) is 82.1. The van der Waals surface area contributed by atoms with Crippen molar-refractivity contribution in [3.63, 3.8) is 0 Å². The summed E-state index contributed by atoms with van der Waals surface area (Å²) in [5.74, 6) is -0.0505. The quantitative estimate of drug-likeness (QED) is 0.0320. The van der Waals surface area contributed by atoms with Gasteiger partial charge in [-0.1, -0.05) is 365 Å². The molecule has 496 valence electrons. The fourth-order valence-electron chi connectivity index (χ4n) is 12.0. The van der Waals surface area contributed by atoms with Gasteiger partial charge in [0.2, 0.25) is 5.91 Å². The zero-order chi connectivity index (χ0) is 60.6. The molecule has 0 rings (SSSR count). The van der Waals surface area contributed by atoms with Gasteiger partial charge in [0.15, 0.2) is 0 Å². The van der Waals surface area contributed by atoms with Gasteiger partial charge in [-0.25, -0.2) is 0 Å². The summed E-state index contributed by atoms with van der Waals surface area (Å²) >= 11 is 0. The molecule has 1 amide bonds. The lowest BCUT2D eigenvalue weighted by Crippen LogP contribution is -2.45. The molecule has 0 bridgehead atoms. The molecule has 0 spiro atoms. The number of rotatable bonds is 72. The van der Waals surface area contributed by atoms with E-state index in [2.05, 4.69) is 43.5 Å². The third-order valence-corrected chi connectivity index (χ3v) is 17.9. The molecule has 0 aromatic rings. The zero-order valence-corrected chi connectivity index (χ0v) is 56.9. The lowest BCUT2D eigenvalue weighted by molar-refractivity contribution is -0.143. The molecule has 3 N–H and O–H groups in total. The van der Waals surface area contributed by atoms with E-state index in [0.29, 0.717) is 19.4 Å². The normalized spacial score (nSPS) is 12.7. The number of carbonyl (C=O) groups is 2. The second-order valence-electron chi connectivity index (χ2n) is 26.3. The van der Waals surface area contributed by atoms with E-state index >= 15 is 0 Å². The van der Waals surface area contributed by atoms with Gasteiger partial charge >= 0.3 is 5.97 Å². The van der Waals surface area contributed by atoms with E-state index in [1.54, 1.807) is 6.08 Å². The van der Waals surface area contributed by atoms with Gasteiger partial charge in [-0.3, -0.25) is 9.59 Å². The maximum atomic E-state index is 12.5. The number of aliphatic hydroxyl groups is 2. The molecule has 0 aromatic heterocycles. The van der Waals surface area contributed by atoms with Crippen LogP contribution >= 0.6 is 0 Å². The van der Waals surface area contributed by atoms with Gasteiger partial charge in [0.25, 0.3) is 0 Å². The summed E-state index contributed by atoms with van der Waals surface area (Å²) in [6, 6.07) is -0.627. The minimum atomic E-state index is -0.844. The van der Waals surface area contributed by atoms with Crippen LogP contribution in [0.5, 0.6) is 0 Å². The molecular formula is C78H149NO5. The molecule has 0 saturated heterocycles. The van der Waals surface area contributed by atoms with Crippen molar-refractivity contribution in [2.24, 2.45) is 0 Å². The Morgan fingerprint density at radius 2 is 0.560 bits per heavy atom. The van der Waals surface area contributed by atoms with Crippen LogP contribution in [0.3, 0.4) is 0 Å². The van der Waals surface area contributed by atoms with Crippen molar-refractivity contribution in [1.29, 1.82) is 0 Å². The van der Waals surface area contributed by atoms with Crippen LogP contribution in [0.2, 0.25) is 0 Å². The third-order valence-electron chi connectivity index (χ3n) is 17.9. The van der Waals surface area contributed by atoms with E-state index in [4.69, 9.17) is 4.74 Å². The monoisotopic (exact) mass is 1180 g/mol. The van der Waals surface area contributed by atoms with Gasteiger partial charge < -0.3 is 20.3 Å². The van der Waals surface area contributed by atoms with E-state index in [0.717, 1.165) is 44.9 Å². The highest BCUT2D eigenvalue weighted by molar-refractivity contribution is 5.76. The SMILES string of the molecule is CCCCCCCCC/C=C\CCCCCCCC(=O)OCCCCCCCCCCCCCC/C=C\CCCCCCCCCCCCCCCCCCC(=O)NC(CO)C(O)/C=C/CCCCCCCCCCCCCCCCCCC. The van der Waals surface area contributed by atoms with Gasteiger partial charge in [-0.15, -0.1) is 0 Å². The van der Waals surface area contributed by atoms with Crippen LogP contribution in [0.4, 0.5) is 0 Å². The lowest BCUT2D eigenvalue weighted by Gasteiger charge is -2.20. The van der Waals surface area contributed by atoms with Crippen molar-refractivity contribution in [3.05, 3.63) is 36.5 Å². The summed E-state index contributed by atoms with van der Waals surface area (Å²) in [6.07, 6.45) is 95.4. The Morgan fingerprint density at radius 1 is 0.321 bits per heavy atom. The first-order valence-corrected chi connectivity index (χ1v) is 38.3. The molecule has 0 radical (unpaired) electrons. The van der Waals surface area contributed by atoms with Crippen LogP contribution in [0, 0.1) is 0 Å². The molecule has 0 aliphatic rings. The summed E-state index contributed by atoms with van der Waals surface area (Å²) in [7, 11) is 0. The molecule has 0 fully saturated rings. The van der Waals surface area contributed by atoms with Crippen LogP contribution < -0.4 is 5.32 Å². The molecule has 2 atom stereocenters. The lowest BCUT2D eigenvalue weighted by atomic mass is 10.0. The number of unbranched alkanes of at least 4 members (excludes halogenated alkanes) is 57. The third kappa shape index (κ3) is 69.2. The van der Waals surface area contributed by atoms with Crippen LogP contribution in [-0.4, -0.2) is 47.4 Å². The molecule has 2 unspecified atom stereocenters. The van der Waals surface area contributed by atoms with E-state index in [-0.39, 0.29) is 18.5 Å². The van der Waals surface area contributed by atoms with Crippen molar-refractivity contribution in [1.82, 2.24) is 5.32 Å². The summed E-state index contributed by atoms with van der Waals surface area (Å²) in [5, 5.41) is 23.2. The Bertz CT molecular complexity index is 1360. The molecule has 0 saturated carbocycles. The Labute approximate surface area is 525 Å². The second-order valence-corrected chi connectivity index (χ2v) is 26.3. The minimum Gasteiger partial charge on any atom is -0.466 e. The van der Waals surface area contributed by atoms with Crippen molar-refractivity contribution >= 4 is 11.9 Å². The highest BCUT2D eigenvalue weighted by atomic mass is 16.5. The van der Waals surface area contributed by atoms with Gasteiger partial charge in [0.1, 0.15) is 0 Å². The first-order valence-electron chi connectivity index (χ1n) is 38.3. The minimum absolute atomic E-state index is 0.0112. The Morgan fingerprint density at radius 3 is 0.845 bits per heavy atom. The Balaban J connectivity index is 3.37. The van der Waals surface area contributed by atoms with E-state index in [1.807, 2.05) is 6.08 Å². The van der Waals surface area contributed by atoms with E-state index in [9.17, 15) is 19.8 Å². The molecular weight excluding hydrogens is 1030 g/mol. The predicted octanol–water partition coefficient (Wildman–Crippen LogP) is 25.0. The van der Waals surface area contributed by atoms with E-state index < -0.39 is 12.1 Å². The van der Waals surface area contributed by atoms with Crippen molar-refractivity contribution in [3.8, 4) is 0 Å². The van der Waals surface area contributed by atoms with Crippen LogP contribution in [0.15, 0.2) is 36.5 Å². The van der Waals surface area contributed by atoms with Crippen LogP contribution in [-0.2, 0) is 14.3 Å². The van der Waals surface area contributed by atoms with E-state index in [1.165, 1.54) is 353 Å². The van der Waals surface area contributed by atoms with Crippen molar-refractivity contribution in [2.45, 2.75) is 437 Å². The number of carbonyl (C=O) groups excluding carboxylic acids is 2. The molecule has 84 heavy (non-hydrogen) atoms. The van der Waals surface area contributed by atoms with Gasteiger partial charge in [0, 0.05) is 12.8 Å². The molecule has 0 aromatic carbocycles. The second kappa shape index (κ2) is 73.5. The molecule has 6 heteroatoms. The Kier molecular flexibility index (Phi) is 71.9. The number of esters is 1. The summed E-state index contributed by atoms with van der Waals surface area (Å²) in [4.78, 5) is 24.6. The van der Waals surface area contributed by atoms with Gasteiger partial charge in [0.05, 0.1) is 25.4 Å². The van der Waals surface area contributed by atoms with Crippen LogP contribution in [0.25, 0.3) is 0 Å². The summed E-state index contributed by atoms with van der Waals surface area (Å²) < 4.78 is 5.50. The molecule has 6 nitrogen and oxygen atoms in total. The fourth-order valence-corrected chi connectivity index (χ4v) is 12.0. The average molecular weight is 1180 g/mol. The molecule has 0 heterocycles. The molecule has 0 aliphatic heterocycles. The zero-order valence-electron chi connectivity index (χ0n) is 56.9. The summed E-state index contributed by atoms with van der Waals surface area (Å²) in [6.45, 7) is 4.94. The number of ether oxygens (including phenoxy) is 1. The fraction of sp³-hybridized carbons (Fsp3) is 0.897. The highest BCUT2D eigenvalue weighted by Crippen LogP contribution is 2.19.